The lowest BCUT2D eigenvalue weighted by Crippen LogP contribution is -2.39. The number of carbonyl (C=O) groups excluding carboxylic acids is 3. The zero-order chi connectivity index (χ0) is 15.4. The van der Waals surface area contributed by atoms with Gasteiger partial charge in [0.25, 0.3) is 5.91 Å². The van der Waals surface area contributed by atoms with Crippen LogP contribution in [0.15, 0.2) is 6.07 Å². The van der Waals surface area contributed by atoms with E-state index in [-0.39, 0.29) is 0 Å². The highest BCUT2D eigenvalue weighted by Gasteiger charge is 2.23. The van der Waals surface area contributed by atoms with Gasteiger partial charge >= 0.3 is 12.1 Å². The van der Waals surface area contributed by atoms with Crippen molar-refractivity contribution in [2.24, 2.45) is 0 Å². The highest BCUT2D eigenvalue weighted by atomic mass is 32.1. The molecule has 7 heteroatoms. The van der Waals surface area contributed by atoms with Gasteiger partial charge in [-0.2, -0.15) is 0 Å². The maximum Gasteiger partial charge on any atom is 0.413 e. The molecule has 2 amide bonds. The van der Waals surface area contributed by atoms with E-state index in [2.05, 4.69) is 4.74 Å². The van der Waals surface area contributed by atoms with E-state index in [1.807, 2.05) is 11.4 Å². The summed E-state index contributed by atoms with van der Waals surface area (Å²) in [6, 6.07) is 1.84. The summed E-state index contributed by atoms with van der Waals surface area (Å²) in [4.78, 5) is 36.3. The van der Waals surface area contributed by atoms with Gasteiger partial charge in [0, 0.05) is 4.88 Å². The van der Waals surface area contributed by atoms with Crippen molar-refractivity contribution >= 4 is 29.3 Å². The van der Waals surface area contributed by atoms with Gasteiger partial charge in [-0.05, 0) is 44.2 Å². The van der Waals surface area contributed by atoms with Crippen LogP contribution in [0.5, 0.6) is 0 Å². The summed E-state index contributed by atoms with van der Waals surface area (Å²) in [6.45, 7) is 1.41. The first kappa shape index (κ1) is 15.5. The maximum absolute atomic E-state index is 12.0. The fourth-order valence-corrected chi connectivity index (χ4v) is 3.25. The van der Waals surface area contributed by atoms with Crippen molar-refractivity contribution in [1.29, 1.82) is 0 Å². The predicted octanol–water partition coefficient (Wildman–Crippen LogP) is 2.05. The third-order valence-electron chi connectivity index (χ3n) is 3.26. The molecule has 0 aromatic carbocycles. The minimum atomic E-state index is -1.06. The molecule has 0 saturated carbocycles. The third kappa shape index (κ3) is 3.81. The summed E-state index contributed by atoms with van der Waals surface area (Å²) in [5, 5.41) is 1.96. The second-order valence-electron chi connectivity index (χ2n) is 4.79. The molecular formula is C14H17NO5S. The van der Waals surface area contributed by atoms with Gasteiger partial charge in [0.05, 0.1) is 7.11 Å². The van der Waals surface area contributed by atoms with Crippen LogP contribution < -0.4 is 5.32 Å². The van der Waals surface area contributed by atoms with Crippen LogP contribution in [0.4, 0.5) is 4.79 Å². The second-order valence-corrected chi connectivity index (χ2v) is 5.93. The minimum absolute atomic E-state index is 0.500. The lowest BCUT2D eigenvalue weighted by molar-refractivity contribution is -0.128. The summed E-state index contributed by atoms with van der Waals surface area (Å²) in [5.74, 6) is -1.25. The van der Waals surface area contributed by atoms with Gasteiger partial charge in [0.1, 0.15) is 4.88 Å². The Hall–Kier alpha value is -1.89. The van der Waals surface area contributed by atoms with Gasteiger partial charge in [-0.15, -0.1) is 11.3 Å². The Morgan fingerprint density at radius 1 is 1.29 bits per heavy atom. The van der Waals surface area contributed by atoms with Crippen molar-refractivity contribution in [3.8, 4) is 0 Å². The number of fused-ring (bicyclic) bond motifs is 1. The SMILES string of the molecule is COC(=O)NC(=O)[C@@H](C)OC(=O)c1cc2c(s1)CCCC2. The Morgan fingerprint density at radius 2 is 2.00 bits per heavy atom. The topological polar surface area (TPSA) is 81.7 Å². The van der Waals surface area contributed by atoms with Crippen LogP contribution in [0.25, 0.3) is 0 Å². The van der Waals surface area contributed by atoms with Gasteiger partial charge in [0.15, 0.2) is 6.10 Å². The molecule has 1 aliphatic rings. The van der Waals surface area contributed by atoms with E-state index in [1.54, 1.807) is 0 Å². The molecular weight excluding hydrogens is 294 g/mol. The van der Waals surface area contributed by atoms with E-state index < -0.39 is 24.1 Å². The monoisotopic (exact) mass is 311 g/mol. The summed E-state index contributed by atoms with van der Waals surface area (Å²) in [6.07, 6.45) is 2.31. The first-order valence-electron chi connectivity index (χ1n) is 6.72. The number of methoxy groups -OCH3 is 1. The number of hydrogen-bond acceptors (Lipinski definition) is 6. The Kier molecular flexibility index (Phi) is 4.95. The second kappa shape index (κ2) is 6.71. The lowest BCUT2D eigenvalue weighted by Gasteiger charge is -2.11. The number of hydrogen-bond donors (Lipinski definition) is 1. The fraction of sp³-hybridized carbons (Fsp3) is 0.500. The Bertz CT molecular complexity index is 542. The molecule has 21 heavy (non-hydrogen) atoms. The largest absolute Gasteiger partial charge is 0.453 e. The molecule has 0 bridgehead atoms. The Balaban J connectivity index is 1.96. The average molecular weight is 311 g/mol. The number of imide groups is 1. The lowest BCUT2D eigenvalue weighted by atomic mass is 9.99. The fourth-order valence-electron chi connectivity index (χ4n) is 2.12. The zero-order valence-corrected chi connectivity index (χ0v) is 12.7. The number of ether oxygens (including phenoxy) is 2. The summed E-state index contributed by atoms with van der Waals surface area (Å²) in [5.41, 5.74) is 1.20. The summed E-state index contributed by atoms with van der Waals surface area (Å²) in [7, 11) is 1.15. The molecule has 0 spiro atoms. The summed E-state index contributed by atoms with van der Waals surface area (Å²) < 4.78 is 9.38. The minimum Gasteiger partial charge on any atom is -0.453 e. The number of aryl methyl sites for hydroxylation is 2. The van der Waals surface area contributed by atoms with Gasteiger partial charge in [-0.25, -0.2) is 9.59 Å². The van der Waals surface area contributed by atoms with Gasteiger partial charge in [-0.1, -0.05) is 0 Å². The molecule has 114 valence electrons. The molecule has 1 aliphatic carbocycles. The average Bonchev–Trinajstić information content (AvgIpc) is 2.90. The quantitative estimate of drug-likeness (QED) is 0.864. The normalized spacial score (nSPS) is 14.8. The molecule has 1 aromatic heterocycles. The van der Waals surface area contributed by atoms with Crippen molar-refractivity contribution in [1.82, 2.24) is 5.32 Å². The van der Waals surface area contributed by atoms with Crippen LogP contribution in [-0.2, 0) is 27.1 Å². The standard InChI is InChI=1S/C14H17NO5S/c1-8(12(16)15-14(18)19-2)20-13(17)11-7-9-5-3-4-6-10(9)21-11/h7-8H,3-6H2,1-2H3,(H,15,16,18)/t8-/m1/s1. The van der Waals surface area contributed by atoms with Crippen molar-refractivity contribution in [3.63, 3.8) is 0 Å². The van der Waals surface area contributed by atoms with Crippen molar-refractivity contribution in [2.45, 2.75) is 38.7 Å². The highest BCUT2D eigenvalue weighted by molar-refractivity contribution is 7.14. The van der Waals surface area contributed by atoms with E-state index in [0.717, 1.165) is 32.8 Å². The van der Waals surface area contributed by atoms with E-state index in [1.165, 1.54) is 28.7 Å². The van der Waals surface area contributed by atoms with Crippen LogP contribution in [0, 0.1) is 0 Å². The van der Waals surface area contributed by atoms with Crippen molar-refractivity contribution < 1.29 is 23.9 Å². The summed E-state index contributed by atoms with van der Waals surface area (Å²) >= 11 is 1.42. The van der Waals surface area contributed by atoms with E-state index in [0.29, 0.717) is 4.88 Å². The van der Waals surface area contributed by atoms with Gasteiger partial charge in [0.2, 0.25) is 0 Å². The van der Waals surface area contributed by atoms with Crippen LogP contribution >= 0.6 is 11.3 Å². The predicted molar refractivity (Wildman–Crippen MR) is 76.4 cm³/mol. The molecule has 0 unspecified atom stereocenters. The van der Waals surface area contributed by atoms with E-state index in [9.17, 15) is 14.4 Å². The highest BCUT2D eigenvalue weighted by Crippen LogP contribution is 2.30. The molecule has 1 atom stereocenters. The number of esters is 1. The number of rotatable bonds is 3. The smallest absolute Gasteiger partial charge is 0.413 e. The number of thiophene rings is 1. The van der Waals surface area contributed by atoms with Crippen LogP contribution in [0.1, 0.15) is 39.9 Å². The number of alkyl carbamates (subject to hydrolysis) is 1. The Morgan fingerprint density at radius 3 is 2.67 bits per heavy atom. The van der Waals surface area contributed by atoms with Crippen LogP contribution in [0.3, 0.4) is 0 Å². The third-order valence-corrected chi connectivity index (χ3v) is 4.48. The maximum atomic E-state index is 12.0. The molecule has 1 N–H and O–H groups in total. The first-order valence-corrected chi connectivity index (χ1v) is 7.54. The molecule has 6 nitrogen and oxygen atoms in total. The molecule has 1 heterocycles. The zero-order valence-electron chi connectivity index (χ0n) is 11.9. The number of nitrogens with one attached hydrogen (secondary N) is 1. The van der Waals surface area contributed by atoms with Gasteiger partial charge < -0.3 is 9.47 Å². The first-order chi connectivity index (χ1) is 10.0. The molecule has 0 fully saturated rings. The molecule has 2 rings (SSSR count). The van der Waals surface area contributed by atoms with Crippen molar-refractivity contribution in [3.05, 3.63) is 21.4 Å². The van der Waals surface area contributed by atoms with Crippen molar-refractivity contribution in [2.75, 3.05) is 7.11 Å². The molecule has 0 saturated heterocycles. The molecule has 0 radical (unpaired) electrons. The van der Waals surface area contributed by atoms with E-state index >= 15 is 0 Å². The van der Waals surface area contributed by atoms with Crippen LogP contribution in [-0.4, -0.2) is 31.2 Å². The molecule has 0 aliphatic heterocycles. The van der Waals surface area contributed by atoms with E-state index in [4.69, 9.17) is 4.74 Å². The Labute approximate surface area is 126 Å². The van der Waals surface area contributed by atoms with Crippen LogP contribution in [0.2, 0.25) is 0 Å². The number of carbonyl (C=O) groups is 3. The number of amides is 2. The van der Waals surface area contributed by atoms with Gasteiger partial charge in [-0.3, -0.25) is 10.1 Å². The molecule has 1 aromatic rings.